The highest BCUT2D eigenvalue weighted by molar-refractivity contribution is 9.10. The summed E-state index contributed by atoms with van der Waals surface area (Å²) in [6.45, 7) is 3.31. The summed E-state index contributed by atoms with van der Waals surface area (Å²) in [7, 11) is 0. The molecule has 0 spiro atoms. The molecule has 0 bridgehead atoms. The predicted octanol–water partition coefficient (Wildman–Crippen LogP) is 3.27. The molecule has 0 aliphatic heterocycles. The SMILES string of the molecule is CCOC(=O)c1c(Br)cc(C)nc1C(F)F. The van der Waals surface area contributed by atoms with E-state index in [-0.39, 0.29) is 16.6 Å². The molecule has 0 saturated heterocycles. The van der Waals surface area contributed by atoms with Gasteiger partial charge < -0.3 is 4.74 Å². The molecule has 0 atom stereocenters. The highest BCUT2D eigenvalue weighted by atomic mass is 79.9. The number of rotatable bonds is 3. The van der Waals surface area contributed by atoms with Crippen LogP contribution in [0.5, 0.6) is 0 Å². The van der Waals surface area contributed by atoms with Crippen molar-refractivity contribution in [2.75, 3.05) is 6.61 Å². The second-order valence-corrected chi connectivity index (χ2v) is 3.88. The Hall–Kier alpha value is -1.04. The van der Waals surface area contributed by atoms with Crippen LogP contribution in [-0.4, -0.2) is 17.6 Å². The zero-order valence-electron chi connectivity index (χ0n) is 8.76. The standard InChI is InChI=1S/C10H10BrF2NO2/c1-3-16-10(15)7-6(11)4-5(2)14-8(7)9(12)13/h4,9H,3H2,1-2H3. The van der Waals surface area contributed by atoms with Crippen molar-refractivity contribution in [1.29, 1.82) is 0 Å². The molecule has 0 aromatic carbocycles. The molecule has 0 radical (unpaired) electrons. The molecule has 1 aromatic rings. The van der Waals surface area contributed by atoms with E-state index >= 15 is 0 Å². The number of aryl methyl sites for hydroxylation is 1. The maximum absolute atomic E-state index is 12.7. The Balaban J connectivity index is 3.29. The maximum atomic E-state index is 12.7. The Kier molecular flexibility index (Phi) is 4.35. The van der Waals surface area contributed by atoms with Crippen LogP contribution in [0.3, 0.4) is 0 Å². The van der Waals surface area contributed by atoms with E-state index in [9.17, 15) is 13.6 Å². The summed E-state index contributed by atoms with van der Waals surface area (Å²) in [5, 5.41) is 0. The zero-order chi connectivity index (χ0) is 12.3. The fourth-order valence-electron chi connectivity index (χ4n) is 1.22. The van der Waals surface area contributed by atoms with E-state index in [1.54, 1.807) is 13.8 Å². The molecule has 1 rings (SSSR count). The summed E-state index contributed by atoms with van der Waals surface area (Å²) < 4.78 is 30.4. The number of pyridine rings is 1. The minimum absolute atomic E-state index is 0.127. The lowest BCUT2D eigenvalue weighted by Crippen LogP contribution is -2.12. The van der Waals surface area contributed by atoms with Gasteiger partial charge in [-0.3, -0.25) is 4.98 Å². The third-order valence-corrected chi connectivity index (χ3v) is 2.44. The van der Waals surface area contributed by atoms with E-state index < -0.39 is 18.1 Å². The normalized spacial score (nSPS) is 10.6. The number of nitrogens with zero attached hydrogens (tertiary/aromatic N) is 1. The third kappa shape index (κ3) is 2.75. The summed E-state index contributed by atoms with van der Waals surface area (Å²) in [4.78, 5) is 15.1. The van der Waals surface area contributed by atoms with E-state index in [1.165, 1.54) is 6.07 Å². The molecule has 0 unspecified atom stereocenters. The molecule has 16 heavy (non-hydrogen) atoms. The Labute approximate surface area is 99.9 Å². The molecular weight excluding hydrogens is 284 g/mol. The van der Waals surface area contributed by atoms with Gasteiger partial charge in [-0.25, -0.2) is 13.6 Å². The second kappa shape index (κ2) is 5.34. The van der Waals surface area contributed by atoms with E-state index in [0.29, 0.717) is 5.69 Å². The van der Waals surface area contributed by atoms with Gasteiger partial charge in [0.25, 0.3) is 6.43 Å². The Morgan fingerprint density at radius 1 is 1.62 bits per heavy atom. The average molecular weight is 294 g/mol. The summed E-state index contributed by atoms with van der Waals surface area (Å²) in [6.07, 6.45) is -2.81. The Bertz CT molecular complexity index is 410. The first-order valence-corrected chi connectivity index (χ1v) is 5.39. The second-order valence-electron chi connectivity index (χ2n) is 3.03. The molecule has 6 heteroatoms. The van der Waals surface area contributed by atoms with E-state index in [4.69, 9.17) is 4.74 Å². The minimum Gasteiger partial charge on any atom is -0.462 e. The van der Waals surface area contributed by atoms with Gasteiger partial charge in [0.1, 0.15) is 11.3 Å². The summed E-state index contributed by atoms with van der Waals surface area (Å²) in [5.41, 5.74) is -0.344. The molecule has 1 heterocycles. The van der Waals surface area contributed by atoms with Gasteiger partial charge in [-0.1, -0.05) is 0 Å². The first kappa shape index (κ1) is 13.0. The highest BCUT2D eigenvalue weighted by Crippen LogP contribution is 2.28. The molecule has 0 fully saturated rings. The number of carbonyl (C=O) groups is 1. The van der Waals surface area contributed by atoms with Gasteiger partial charge in [-0.2, -0.15) is 0 Å². The number of aromatic nitrogens is 1. The summed E-state index contributed by atoms with van der Waals surface area (Å²) >= 11 is 3.06. The number of carbonyl (C=O) groups excluding carboxylic acids is 1. The first-order chi connectivity index (χ1) is 7.47. The molecule has 0 amide bonds. The lowest BCUT2D eigenvalue weighted by Gasteiger charge is -2.10. The summed E-state index contributed by atoms with van der Waals surface area (Å²) in [6, 6.07) is 1.50. The molecular formula is C10H10BrF2NO2. The lowest BCUT2D eigenvalue weighted by atomic mass is 10.2. The number of hydrogen-bond acceptors (Lipinski definition) is 3. The van der Waals surface area contributed by atoms with Crippen molar-refractivity contribution < 1.29 is 18.3 Å². The molecule has 0 aliphatic rings. The van der Waals surface area contributed by atoms with Crippen LogP contribution >= 0.6 is 15.9 Å². The van der Waals surface area contributed by atoms with Crippen molar-refractivity contribution in [3.63, 3.8) is 0 Å². The van der Waals surface area contributed by atoms with Crippen molar-refractivity contribution in [1.82, 2.24) is 4.98 Å². The van der Waals surface area contributed by atoms with E-state index in [1.807, 2.05) is 0 Å². The van der Waals surface area contributed by atoms with Gasteiger partial charge in [0.2, 0.25) is 0 Å². The van der Waals surface area contributed by atoms with Gasteiger partial charge in [0.05, 0.1) is 6.61 Å². The number of halogens is 3. The van der Waals surface area contributed by atoms with Crippen molar-refractivity contribution in [2.24, 2.45) is 0 Å². The smallest absolute Gasteiger partial charge is 0.341 e. The lowest BCUT2D eigenvalue weighted by molar-refractivity contribution is 0.0512. The van der Waals surface area contributed by atoms with Crippen LogP contribution in [0.15, 0.2) is 10.5 Å². The van der Waals surface area contributed by atoms with Crippen molar-refractivity contribution in [2.45, 2.75) is 20.3 Å². The molecule has 1 aromatic heterocycles. The first-order valence-electron chi connectivity index (χ1n) is 4.59. The van der Waals surface area contributed by atoms with Crippen molar-refractivity contribution >= 4 is 21.9 Å². The highest BCUT2D eigenvalue weighted by Gasteiger charge is 2.24. The molecule has 0 aliphatic carbocycles. The maximum Gasteiger partial charge on any atom is 0.341 e. The van der Waals surface area contributed by atoms with Crippen LogP contribution in [0, 0.1) is 6.92 Å². The van der Waals surface area contributed by atoms with Crippen LogP contribution in [-0.2, 0) is 4.74 Å². The largest absolute Gasteiger partial charge is 0.462 e. The molecule has 0 saturated carbocycles. The van der Waals surface area contributed by atoms with Gasteiger partial charge in [0, 0.05) is 10.2 Å². The van der Waals surface area contributed by atoms with Gasteiger partial charge in [-0.05, 0) is 35.8 Å². The Morgan fingerprint density at radius 2 is 2.25 bits per heavy atom. The van der Waals surface area contributed by atoms with Crippen LogP contribution in [0.25, 0.3) is 0 Å². The van der Waals surface area contributed by atoms with Gasteiger partial charge >= 0.3 is 5.97 Å². The molecule has 3 nitrogen and oxygen atoms in total. The topological polar surface area (TPSA) is 39.2 Å². The van der Waals surface area contributed by atoms with Gasteiger partial charge in [0.15, 0.2) is 0 Å². The third-order valence-electron chi connectivity index (χ3n) is 1.81. The van der Waals surface area contributed by atoms with Crippen molar-refractivity contribution in [3.05, 3.63) is 27.5 Å². The van der Waals surface area contributed by atoms with Gasteiger partial charge in [-0.15, -0.1) is 0 Å². The predicted molar refractivity (Wildman–Crippen MR) is 57.6 cm³/mol. The number of hydrogen-bond donors (Lipinski definition) is 0. The fraction of sp³-hybridized carbons (Fsp3) is 0.400. The minimum atomic E-state index is -2.81. The van der Waals surface area contributed by atoms with E-state index in [0.717, 1.165) is 0 Å². The summed E-state index contributed by atoms with van der Waals surface area (Å²) in [5.74, 6) is -0.794. The fourth-order valence-corrected chi connectivity index (χ4v) is 1.92. The average Bonchev–Trinajstić information content (AvgIpc) is 2.16. The quantitative estimate of drug-likeness (QED) is 0.803. The van der Waals surface area contributed by atoms with Crippen LogP contribution in [0.1, 0.15) is 35.1 Å². The zero-order valence-corrected chi connectivity index (χ0v) is 10.3. The number of ether oxygens (including phenoxy) is 1. The van der Waals surface area contributed by atoms with Crippen molar-refractivity contribution in [3.8, 4) is 0 Å². The molecule has 88 valence electrons. The van der Waals surface area contributed by atoms with Crippen LogP contribution < -0.4 is 0 Å². The molecule has 0 N–H and O–H groups in total. The number of esters is 1. The monoisotopic (exact) mass is 293 g/mol. The Morgan fingerprint density at radius 3 is 2.75 bits per heavy atom. The van der Waals surface area contributed by atoms with E-state index in [2.05, 4.69) is 20.9 Å². The number of alkyl halides is 2. The van der Waals surface area contributed by atoms with Crippen LogP contribution in [0.4, 0.5) is 8.78 Å². The van der Waals surface area contributed by atoms with Crippen LogP contribution in [0.2, 0.25) is 0 Å².